The molecule has 0 aromatic heterocycles. The molecule has 0 heterocycles. The van der Waals surface area contributed by atoms with Crippen LogP contribution in [0.5, 0.6) is 0 Å². The lowest BCUT2D eigenvalue weighted by atomic mass is 9.79. The van der Waals surface area contributed by atoms with Gasteiger partial charge in [-0.15, -0.1) is 0 Å². The lowest BCUT2D eigenvalue weighted by Gasteiger charge is -2.35. The maximum atomic E-state index is 13.6. The second-order valence-electron chi connectivity index (χ2n) is 6.12. The molecule has 0 radical (unpaired) electrons. The number of hydrogen-bond acceptors (Lipinski definition) is 8. The Bertz CT molecular complexity index is 782. The zero-order valence-corrected chi connectivity index (χ0v) is 18.0. The normalized spacial score (nSPS) is 9.69. The maximum absolute atomic E-state index is 13.6. The highest BCUT2D eigenvalue weighted by molar-refractivity contribution is 6.34. The quantitative estimate of drug-likeness (QED) is 0.155. The summed E-state index contributed by atoms with van der Waals surface area (Å²) in [6.07, 6.45) is 0. The molecule has 0 unspecified atom stereocenters. The van der Waals surface area contributed by atoms with Crippen LogP contribution in [0, 0.1) is 0 Å². The summed E-state index contributed by atoms with van der Waals surface area (Å²) in [6, 6.07) is 28.0. The highest BCUT2D eigenvalue weighted by atomic mass is 19.1. The highest BCUT2D eigenvalue weighted by Crippen LogP contribution is 2.40. The third kappa shape index (κ3) is 13.7. The van der Waals surface area contributed by atoms with Crippen LogP contribution >= 0.6 is 0 Å². The molecule has 0 spiro atoms. The topological polar surface area (TPSA) is 151 Å². The van der Waals surface area contributed by atoms with E-state index >= 15 is 0 Å². The Kier molecular flexibility index (Phi) is 16.4. The van der Waals surface area contributed by atoms with Crippen molar-refractivity contribution in [2.75, 3.05) is 0 Å². The Hall–Kier alpha value is -2.68. The van der Waals surface area contributed by atoms with Crippen LogP contribution in [-0.4, -0.2) is 64.8 Å². The van der Waals surface area contributed by atoms with E-state index in [4.69, 9.17) is 34.8 Å². The Morgan fingerprint density at radius 2 is 0.657 bits per heavy atom. The summed E-state index contributed by atoms with van der Waals surface area (Å²) in [7, 11) is -10.4. The van der Waals surface area contributed by atoms with Crippen LogP contribution in [0.25, 0.3) is 0 Å². The molecule has 35 heavy (non-hydrogen) atoms. The molecule has 8 nitrogen and oxygen atoms in total. The average Bonchev–Trinajstić information content (AvgIpc) is 2.78. The van der Waals surface area contributed by atoms with Gasteiger partial charge in [0.15, 0.2) is 0 Å². The smallest absolute Gasteiger partial charge is 0.398 e. The molecule has 3 aromatic carbocycles. The van der Waals surface area contributed by atoms with Crippen LogP contribution in [0.3, 0.4) is 0 Å². The van der Waals surface area contributed by atoms with E-state index in [2.05, 4.69) is 0 Å². The van der Waals surface area contributed by atoms with Crippen molar-refractivity contribution in [1.82, 2.24) is 0 Å². The lowest BCUT2D eigenvalue weighted by Crippen LogP contribution is -2.37. The fraction of sp³-hybridized carbons (Fsp3) is 0.0526. The van der Waals surface area contributed by atoms with Crippen molar-refractivity contribution in [3.8, 4) is 0 Å². The van der Waals surface area contributed by atoms with Gasteiger partial charge in [-0.1, -0.05) is 91.0 Å². The summed E-state index contributed by atoms with van der Waals surface area (Å²) in [4.78, 5) is 0. The first-order valence-corrected chi connectivity index (χ1v) is 9.60. The van der Waals surface area contributed by atoms with Crippen LogP contribution in [0.15, 0.2) is 91.0 Å². The first kappa shape index (κ1) is 32.3. The Balaban J connectivity index is 0.000000807. The summed E-state index contributed by atoms with van der Waals surface area (Å²) in [6.45, 7) is 0. The van der Waals surface area contributed by atoms with Gasteiger partial charge in [-0.2, -0.15) is 0 Å². The van der Waals surface area contributed by atoms with Gasteiger partial charge in [-0.25, -0.2) is 0 Å². The van der Waals surface area contributed by atoms with E-state index in [1.165, 1.54) is 0 Å². The lowest BCUT2D eigenvalue weighted by molar-refractivity contribution is 0.100. The molecule has 0 fully saturated rings. The number of halogens is 4. The third-order valence-corrected chi connectivity index (χ3v) is 3.81. The minimum Gasteiger partial charge on any atom is -0.398 e. The molecule has 0 aliphatic carbocycles. The monoisotopic (exact) mass is 498 g/mol. The molecule has 7 N–H and O–H groups in total. The van der Waals surface area contributed by atoms with Crippen LogP contribution < -0.4 is 0 Å². The van der Waals surface area contributed by atoms with Gasteiger partial charge in [0.1, 0.15) is 5.60 Å². The molecule has 0 atom stereocenters. The number of hydrogen-bond donors (Lipinski definition) is 7. The number of rotatable bonds is 5. The van der Waals surface area contributed by atoms with Crippen LogP contribution in [0.4, 0.5) is 17.3 Å². The van der Waals surface area contributed by atoms with Crippen molar-refractivity contribution in [2.45, 2.75) is 5.60 Å². The zero-order valence-electron chi connectivity index (χ0n) is 18.0. The minimum atomic E-state index is -2.67. The summed E-state index contributed by atoms with van der Waals surface area (Å²) >= 11 is 0. The van der Waals surface area contributed by atoms with Crippen LogP contribution in [-0.2, 0) is 10.3 Å². The van der Waals surface area contributed by atoms with Crippen molar-refractivity contribution in [1.29, 1.82) is 0 Å². The molecule has 0 saturated heterocycles. The molecule has 0 bridgehead atoms. The Morgan fingerprint density at radius 3 is 0.829 bits per heavy atom. The van der Waals surface area contributed by atoms with Crippen molar-refractivity contribution in [3.05, 3.63) is 108 Å². The van der Waals surface area contributed by atoms with Gasteiger partial charge in [0, 0.05) is 0 Å². The molecule has 0 saturated carbocycles. The van der Waals surface area contributed by atoms with Crippen molar-refractivity contribution < 1.29 is 57.1 Å². The molecule has 3 aromatic rings. The molecular formula is C19H22B4F4O8. The van der Waals surface area contributed by atoms with Gasteiger partial charge in [-0.3, -0.25) is 17.3 Å². The van der Waals surface area contributed by atoms with Gasteiger partial charge < -0.3 is 39.8 Å². The SMILES string of the molecule is OB(F)OC(c1ccccc1)(c1ccccc1)c1ccccc1.OB(O)F.OB(O)F.OB(O)F. The number of benzene rings is 3. The first-order chi connectivity index (χ1) is 16.4. The Labute approximate surface area is 200 Å². The predicted octanol–water partition coefficient (Wildman–Crippen LogP) is 0.718. The van der Waals surface area contributed by atoms with Crippen LogP contribution in [0.2, 0.25) is 0 Å². The largest absolute Gasteiger partial charge is 0.678 e. The van der Waals surface area contributed by atoms with Gasteiger partial charge in [-0.05, 0) is 16.7 Å². The average molecular weight is 498 g/mol. The molecule has 186 valence electrons. The second kappa shape index (κ2) is 17.7. The summed E-state index contributed by atoms with van der Waals surface area (Å²) in [5.74, 6) is 0. The van der Waals surface area contributed by atoms with E-state index in [0.717, 1.165) is 16.7 Å². The van der Waals surface area contributed by atoms with E-state index < -0.39 is 35.2 Å². The second-order valence-corrected chi connectivity index (χ2v) is 6.12. The van der Waals surface area contributed by atoms with Gasteiger partial charge in [0.2, 0.25) is 0 Å². The molecular weight excluding hydrogens is 475 g/mol. The van der Waals surface area contributed by atoms with Crippen molar-refractivity contribution in [3.63, 3.8) is 0 Å². The Morgan fingerprint density at radius 1 is 0.457 bits per heavy atom. The molecule has 0 aliphatic rings. The van der Waals surface area contributed by atoms with Gasteiger partial charge in [0.25, 0.3) is 0 Å². The first-order valence-electron chi connectivity index (χ1n) is 9.60. The molecule has 0 amide bonds. The van der Waals surface area contributed by atoms with E-state index in [9.17, 15) is 22.3 Å². The molecule has 0 aliphatic heterocycles. The fourth-order valence-electron chi connectivity index (χ4n) is 2.87. The predicted molar refractivity (Wildman–Crippen MR) is 123 cm³/mol. The summed E-state index contributed by atoms with van der Waals surface area (Å²) < 4.78 is 49.4. The standard InChI is InChI=1S/C19H16BFO2.3BFH2O2/c21-20(22)23-19(16-10-4-1-5-11-16,17-12-6-2-7-13-17)18-14-8-3-9-15-18;3*2-1(3)4/h1-15,22H;3*3-4H. The highest BCUT2D eigenvalue weighted by Gasteiger charge is 2.41. The van der Waals surface area contributed by atoms with E-state index in [1.807, 2.05) is 91.0 Å². The van der Waals surface area contributed by atoms with Gasteiger partial charge >= 0.3 is 29.6 Å². The van der Waals surface area contributed by atoms with Crippen LogP contribution in [0.1, 0.15) is 16.7 Å². The maximum Gasteiger partial charge on any atom is 0.678 e. The molecule has 3 rings (SSSR count). The van der Waals surface area contributed by atoms with Crippen molar-refractivity contribution in [2.24, 2.45) is 0 Å². The van der Waals surface area contributed by atoms with E-state index in [0.29, 0.717) is 0 Å². The van der Waals surface area contributed by atoms with E-state index in [-0.39, 0.29) is 0 Å². The summed E-state index contributed by atoms with van der Waals surface area (Å²) in [5.41, 5.74) is 1.01. The van der Waals surface area contributed by atoms with E-state index in [1.54, 1.807) is 0 Å². The van der Waals surface area contributed by atoms with Gasteiger partial charge in [0.05, 0.1) is 0 Å². The van der Waals surface area contributed by atoms with Crippen molar-refractivity contribution >= 4 is 29.6 Å². The zero-order chi connectivity index (χ0) is 26.9. The minimum absolute atomic E-state index is 0.745. The summed E-state index contributed by atoms with van der Waals surface area (Å²) in [5, 5.41) is 51.0. The molecule has 16 heteroatoms. The fourth-order valence-corrected chi connectivity index (χ4v) is 2.87. The third-order valence-electron chi connectivity index (χ3n) is 3.81.